The van der Waals surface area contributed by atoms with Crippen LogP contribution in [0.4, 0.5) is 4.39 Å². The van der Waals surface area contributed by atoms with Gasteiger partial charge >= 0.3 is 0 Å². The number of amides is 2. The second-order valence-corrected chi connectivity index (χ2v) is 5.81. The lowest BCUT2D eigenvalue weighted by Gasteiger charge is -2.18. The average Bonchev–Trinajstić information content (AvgIpc) is 2.59. The van der Waals surface area contributed by atoms with Gasteiger partial charge in [-0.3, -0.25) is 20.4 Å². The smallest absolute Gasteiger partial charge is 0.272 e. The fourth-order valence-corrected chi connectivity index (χ4v) is 2.44. The summed E-state index contributed by atoms with van der Waals surface area (Å²) in [6.07, 6.45) is 0. The zero-order valence-electron chi connectivity index (χ0n) is 12.3. The van der Waals surface area contributed by atoms with Gasteiger partial charge in [-0.2, -0.15) is 0 Å². The first-order valence-electron chi connectivity index (χ1n) is 7.00. The summed E-state index contributed by atoms with van der Waals surface area (Å²) in [5.74, 6) is -1.00. The van der Waals surface area contributed by atoms with Gasteiger partial charge in [0.05, 0.1) is 5.56 Å². The maximum Gasteiger partial charge on any atom is 0.272 e. The summed E-state index contributed by atoms with van der Waals surface area (Å²) in [6.45, 7) is 0.852. The first-order chi connectivity index (χ1) is 11.5. The number of hydrogen-bond acceptors (Lipinski definition) is 4. The third kappa shape index (κ3) is 3.48. The minimum Gasteiger partial charge on any atom is -0.486 e. The Hall–Kier alpha value is -2.61. The van der Waals surface area contributed by atoms with Crippen LogP contribution in [0.1, 0.15) is 20.7 Å². The van der Waals surface area contributed by atoms with Crippen LogP contribution in [0.15, 0.2) is 40.9 Å². The van der Waals surface area contributed by atoms with Crippen LogP contribution in [-0.2, 0) is 0 Å². The van der Waals surface area contributed by atoms with Crippen molar-refractivity contribution in [3.63, 3.8) is 0 Å². The molecule has 0 unspecified atom stereocenters. The van der Waals surface area contributed by atoms with Crippen molar-refractivity contribution in [2.45, 2.75) is 0 Å². The fourth-order valence-electron chi connectivity index (χ4n) is 2.11. The molecular weight excluding hydrogens is 383 g/mol. The van der Waals surface area contributed by atoms with Gasteiger partial charge in [0, 0.05) is 10.0 Å². The van der Waals surface area contributed by atoms with Crippen molar-refractivity contribution >= 4 is 27.7 Å². The minimum absolute atomic E-state index is 0.180. The molecule has 3 rings (SSSR count). The lowest BCUT2D eigenvalue weighted by Crippen LogP contribution is -2.42. The summed E-state index contributed by atoms with van der Waals surface area (Å²) >= 11 is 3.10. The zero-order chi connectivity index (χ0) is 17.1. The van der Waals surface area contributed by atoms with E-state index in [0.29, 0.717) is 29.2 Å². The fraction of sp³-hybridized carbons (Fsp3) is 0.125. The number of hydrogen-bond donors (Lipinski definition) is 2. The molecule has 0 saturated carbocycles. The Kier molecular flexibility index (Phi) is 4.66. The number of carbonyl (C=O) groups is 2. The first-order valence-corrected chi connectivity index (χ1v) is 7.79. The normalized spacial score (nSPS) is 12.4. The average molecular weight is 395 g/mol. The summed E-state index contributed by atoms with van der Waals surface area (Å²) in [6, 6.07) is 8.66. The molecule has 0 saturated heterocycles. The molecule has 1 heterocycles. The molecule has 0 fully saturated rings. The summed E-state index contributed by atoms with van der Waals surface area (Å²) in [5.41, 5.74) is 4.50. The van der Waals surface area contributed by atoms with Crippen LogP contribution in [0, 0.1) is 5.82 Å². The maximum atomic E-state index is 13.7. The molecule has 0 bridgehead atoms. The van der Waals surface area contributed by atoms with Gasteiger partial charge in [-0.15, -0.1) is 0 Å². The van der Waals surface area contributed by atoms with Gasteiger partial charge in [0.15, 0.2) is 11.5 Å². The van der Waals surface area contributed by atoms with Gasteiger partial charge in [-0.25, -0.2) is 4.39 Å². The van der Waals surface area contributed by atoms with Gasteiger partial charge in [-0.1, -0.05) is 15.9 Å². The second kappa shape index (κ2) is 6.88. The number of rotatable bonds is 2. The number of ether oxygens (including phenoxy) is 2. The molecular formula is C16H12BrFN2O4. The van der Waals surface area contributed by atoms with Crippen LogP contribution >= 0.6 is 15.9 Å². The van der Waals surface area contributed by atoms with Crippen LogP contribution in [0.25, 0.3) is 0 Å². The molecule has 1 aliphatic rings. The topological polar surface area (TPSA) is 76.7 Å². The van der Waals surface area contributed by atoms with E-state index in [1.54, 1.807) is 6.07 Å². The third-order valence-corrected chi connectivity index (χ3v) is 3.76. The summed E-state index contributed by atoms with van der Waals surface area (Å²) < 4.78 is 25.0. The molecule has 1 aliphatic heterocycles. The van der Waals surface area contributed by atoms with Crippen LogP contribution in [-0.4, -0.2) is 25.0 Å². The van der Waals surface area contributed by atoms with Gasteiger partial charge < -0.3 is 9.47 Å². The van der Waals surface area contributed by atoms with E-state index in [2.05, 4.69) is 26.8 Å². The van der Waals surface area contributed by atoms with Crippen molar-refractivity contribution in [3.8, 4) is 11.5 Å². The van der Waals surface area contributed by atoms with E-state index in [1.165, 1.54) is 24.3 Å². The van der Waals surface area contributed by atoms with Crippen molar-refractivity contribution in [1.82, 2.24) is 10.9 Å². The highest BCUT2D eigenvalue weighted by molar-refractivity contribution is 9.10. The van der Waals surface area contributed by atoms with Crippen LogP contribution in [0.2, 0.25) is 0 Å². The molecule has 0 radical (unpaired) electrons. The van der Waals surface area contributed by atoms with E-state index in [-0.39, 0.29) is 11.1 Å². The highest BCUT2D eigenvalue weighted by Gasteiger charge is 2.16. The van der Waals surface area contributed by atoms with Crippen molar-refractivity contribution < 1.29 is 23.5 Å². The largest absolute Gasteiger partial charge is 0.486 e. The molecule has 2 aromatic carbocycles. The number of benzene rings is 2. The molecule has 2 amide bonds. The van der Waals surface area contributed by atoms with Crippen molar-refractivity contribution in [2.24, 2.45) is 0 Å². The van der Waals surface area contributed by atoms with Crippen LogP contribution in [0.5, 0.6) is 11.5 Å². The number of hydrazine groups is 1. The van der Waals surface area contributed by atoms with Gasteiger partial charge in [-0.05, 0) is 36.4 Å². The first kappa shape index (κ1) is 16.3. The molecule has 0 spiro atoms. The van der Waals surface area contributed by atoms with E-state index < -0.39 is 17.6 Å². The van der Waals surface area contributed by atoms with E-state index in [0.717, 1.165) is 6.07 Å². The van der Waals surface area contributed by atoms with Crippen molar-refractivity contribution in [3.05, 3.63) is 57.8 Å². The van der Waals surface area contributed by atoms with E-state index >= 15 is 0 Å². The van der Waals surface area contributed by atoms with E-state index in [1.807, 2.05) is 0 Å². The summed E-state index contributed by atoms with van der Waals surface area (Å²) in [7, 11) is 0. The SMILES string of the molecule is O=C(NNC(=O)c1ccc(Br)cc1F)c1ccc2c(c1)OCCO2. The van der Waals surface area contributed by atoms with Crippen LogP contribution < -0.4 is 20.3 Å². The molecule has 6 nitrogen and oxygen atoms in total. The Morgan fingerprint density at radius 3 is 2.42 bits per heavy atom. The second-order valence-electron chi connectivity index (χ2n) is 4.89. The Bertz CT molecular complexity index is 813. The summed E-state index contributed by atoms with van der Waals surface area (Å²) in [4.78, 5) is 24.0. The van der Waals surface area contributed by atoms with E-state index in [9.17, 15) is 14.0 Å². The number of halogens is 2. The Morgan fingerprint density at radius 2 is 1.67 bits per heavy atom. The van der Waals surface area contributed by atoms with Crippen molar-refractivity contribution in [2.75, 3.05) is 13.2 Å². The lowest BCUT2D eigenvalue weighted by molar-refractivity contribution is 0.0843. The molecule has 24 heavy (non-hydrogen) atoms. The predicted molar refractivity (Wildman–Crippen MR) is 86.5 cm³/mol. The quantitative estimate of drug-likeness (QED) is 0.766. The molecule has 0 aromatic heterocycles. The number of fused-ring (bicyclic) bond motifs is 1. The predicted octanol–water partition coefficient (Wildman–Crippen LogP) is 2.43. The number of carbonyl (C=O) groups excluding carboxylic acids is 2. The van der Waals surface area contributed by atoms with E-state index in [4.69, 9.17) is 9.47 Å². The lowest BCUT2D eigenvalue weighted by atomic mass is 10.2. The zero-order valence-corrected chi connectivity index (χ0v) is 13.9. The monoisotopic (exact) mass is 394 g/mol. The van der Waals surface area contributed by atoms with Crippen LogP contribution in [0.3, 0.4) is 0 Å². The highest BCUT2D eigenvalue weighted by atomic mass is 79.9. The number of nitrogens with one attached hydrogen (secondary N) is 2. The Balaban J connectivity index is 1.66. The van der Waals surface area contributed by atoms with Gasteiger partial charge in [0.1, 0.15) is 19.0 Å². The maximum absolute atomic E-state index is 13.7. The molecule has 0 aliphatic carbocycles. The molecule has 2 aromatic rings. The minimum atomic E-state index is -0.758. The third-order valence-electron chi connectivity index (χ3n) is 3.27. The van der Waals surface area contributed by atoms with Crippen molar-refractivity contribution in [1.29, 1.82) is 0 Å². The van der Waals surface area contributed by atoms with Gasteiger partial charge in [0.2, 0.25) is 0 Å². The summed E-state index contributed by atoms with van der Waals surface area (Å²) in [5, 5.41) is 0. The molecule has 124 valence electrons. The molecule has 2 N–H and O–H groups in total. The Labute approximate surface area is 145 Å². The van der Waals surface area contributed by atoms with Gasteiger partial charge in [0.25, 0.3) is 11.8 Å². The Morgan fingerprint density at radius 1 is 0.958 bits per heavy atom. The molecule has 8 heteroatoms. The molecule has 0 atom stereocenters. The standard InChI is InChI=1S/C16H12BrFN2O4/c17-10-2-3-11(12(18)8-10)16(22)20-19-15(21)9-1-4-13-14(7-9)24-6-5-23-13/h1-4,7-8H,5-6H2,(H,19,21)(H,20,22). The highest BCUT2D eigenvalue weighted by Crippen LogP contribution is 2.30.